The van der Waals surface area contributed by atoms with E-state index in [2.05, 4.69) is 0 Å². The highest BCUT2D eigenvalue weighted by Crippen LogP contribution is 2.41. The van der Waals surface area contributed by atoms with Gasteiger partial charge in [0.2, 0.25) is 0 Å². The van der Waals surface area contributed by atoms with E-state index in [4.69, 9.17) is 34.8 Å². The third kappa shape index (κ3) is 2.10. The van der Waals surface area contributed by atoms with E-state index in [-0.39, 0.29) is 5.38 Å². The van der Waals surface area contributed by atoms with Crippen LogP contribution in [0.2, 0.25) is 8.67 Å². The quantitative estimate of drug-likeness (QED) is 0.643. The van der Waals surface area contributed by atoms with Crippen molar-refractivity contribution in [2.45, 2.75) is 5.38 Å². The van der Waals surface area contributed by atoms with Crippen molar-refractivity contribution >= 4 is 57.5 Å². The molecule has 2 aromatic heterocycles. The van der Waals surface area contributed by atoms with Crippen LogP contribution in [0.3, 0.4) is 0 Å². The van der Waals surface area contributed by atoms with E-state index in [0.29, 0.717) is 8.67 Å². The van der Waals surface area contributed by atoms with E-state index >= 15 is 0 Å². The van der Waals surface area contributed by atoms with Crippen LogP contribution in [0.4, 0.5) is 0 Å². The van der Waals surface area contributed by atoms with Gasteiger partial charge in [-0.2, -0.15) is 0 Å². The van der Waals surface area contributed by atoms with Gasteiger partial charge in [-0.1, -0.05) is 29.3 Å². The summed E-state index contributed by atoms with van der Waals surface area (Å²) >= 11 is 21.1. The van der Waals surface area contributed by atoms with Crippen molar-refractivity contribution in [3.05, 3.63) is 42.7 Å². The highest BCUT2D eigenvalue weighted by molar-refractivity contribution is 7.20. The topological polar surface area (TPSA) is 0 Å². The van der Waals surface area contributed by atoms with Gasteiger partial charge in [-0.25, -0.2) is 0 Å². The molecule has 0 nitrogen and oxygen atoms in total. The molecule has 0 spiro atoms. The minimum Gasteiger partial charge on any atom is -0.147 e. The largest absolute Gasteiger partial charge is 0.147 e. The molecule has 0 fully saturated rings. The lowest BCUT2D eigenvalue weighted by molar-refractivity contribution is 1.20. The van der Waals surface area contributed by atoms with Gasteiger partial charge in [0.05, 0.1) is 14.0 Å². The Morgan fingerprint density at radius 1 is 1.29 bits per heavy atom. The zero-order valence-electron chi connectivity index (χ0n) is 6.84. The Kier molecular flexibility index (Phi) is 3.40. The minimum atomic E-state index is -0.189. The lowest BCUT2D eigenvalue weighted by atomic mass is 10.2. The third-order valence-electron chi connectivity index (χ3n) is 1.75. The van der Waals surface area contributed by atoms with E-state index < -0.39 is 0 Å². The zero-order chi connectivity index (χ0) is 10.1. The van der Waals surface area contributed by atoms with Crippen LogP contribution in [0.15, 0.2) is 23.6 Å². The third-order valence-corrected chi connectivity index (χ3v) is 4.80. The van der Waals surface area contributed by atoms with Crippen molar-refractivity contribution in [2.75, 3.05) is 0 Å². The van der Waals surface area contributed by atoms with Crippen LogP contribution >= 0.6 is 57.5 Å². The summed E-state index contributed by atoms with van der Waals surface area (Å²) in [6.07, 6.45) is 0. The molecule has 14 heavy (non-hydrogen) atoms. The summed E-state index contributed by atoms with van der Waals surface area (Å²) in [7, 11) is 0. The Morgan fingerprint density at radius 2 is 2.07 bits per heavy atom. The van der Waals surface area contributed by atoms with Crippen LogP contribution in [-0.4, -0.2) is 0 Å². The number of rotatable bonds is 2. The Morgan fingerprint density at radius 3 is 2.57 bits per heavy atom. The normalized spacial score (nSPS) is 13.1. The maximum atomic E-state index is 6.27. The molecular formula is C9H5Cl3S2. The maximum Gasteiger partial charge on any atom is 0.0994 e. The van der Waals surface area contributed by atoms with Crippen molar-refractivity contribution in [1.82, 2.24) is 0 Å². The molecule has 0 aliphatic rings. The molecule has 1 unspecified atom stereocenters. The van der Waals surface area contributed by atoms with Crippen molar-refractivity contribution in [1.29, 1.82) is 0 Å². The van der Waals surface area contributed by atoms with E-state index in [9.17, 15) is 0 Å². The number of thiophene rings is 2. The molecule has 0 saturated heterocycles. The number of alkyl halides is 1. The second-order valence-electron chi connectivity index (χ2n) is 2.66. The van der Waals surface area contributed by atoms with Crippen LogP contribution in [0.5, 0.6) is 0 Å². The van der Waals surface area contributed by atoms with Crippen molar-refractivity contribution < 1.29 is 0 Å². The summed E-state index contributed by atoms with van der Waals surface area (Å²) in [6.45, 7) is 0. The van der Waals surface area contributed by atoms with E-state index in [1.54, 1.807) is 11.3 Å². The zero-order valence-corrected chi connectivity index (χ0v) is 10.7. The van der Waals surface area contributed by atoms with E-state index in [1.165, 1.54) is 11.3 Å². The van der Waals surface area contributed by atoms with Gasteiger partial charge in [-0.15, -0.1) is 34.3 Å². The lowest BCUT2D eigenvalue weighted by Gasteiger charge is -2.04. The van der Waals surface area contributed by atoms with Gasteiger partial charge in [-0.3, -0.25) is 0 Å². The Bertz CT molecular complexity index is 419. The Balaban J connectivity index is 2.36. The molecule has 0 amide bonds. The standard InChI is InChI=1S/C9H5Cl3S2/c10-7-4-5(9(12)14-7)8(11)6-2-1-3-13-6/h1-4,8H. The first-order valence-corrected chi connectivity index (χ1v) is 6.69. The minimum absolute atomic E-state index is 0.189. The first kappa shape index (κ1) is 10.8. The van der Waals surface area contributed by atoms with Crippen LogP contribution in [0.25, 0.3) is 0 Å². The summed E-state index contributed by atoms with van der Waals surface area (Å²) in [5.41, 5.74) is 0.894. The molecule has 0 saturated carbocycles. The Labute approximate surface area is 105 Å². The summed E-state index contributed by atoms with van der Waals surface area (Å²) in [4.78, 5) is 1.09. The van der Waals surface area contributed by atoms with Gasteiger partial charge >= 0.3 is 0 Å². The first-order chi connectivity index (χ1) is 6.68. The molecule has 0 N–H and O–H groups in total. The molecule has 74 valence electrons. The SMILES string of the molecule is Clc1cc(C(Cl)c2cccs2)c(Cl)s1. The van der Waals surface area contributed by atoms with Gasteiger partial charge in [0.15, 0.2) is 0 Å². The lowest BCUT2D eigenvalue weighted by Crippen LogP contribution is -1.87. The molecule has 5 heteroatoms. The monoisotopic (exact) mass is 282 g/mol. The fraction of sp³-hybridized carbons (Fsp3) is 0.111. The molecule has 0 aliphatic heterocycles. The first-order valence-electron chi connectivity index (χ1n) is 3.80. The summed E-state index contributed by atoms with van der Waals surface area (Å²) < 4.78 is 1.34. The average molecular weight is 284 g/mol. The second kappa shape index (κ2) is 4.42. The van der Waals surface area contributed by atoms with Crippen LogP contribution in [0.1, 0.15) is 15.8 Å². The highest BCUT2D eigenvalue weighted by atomic mass is 35.5. The molecule has 0 aliphatic carbocycles. The number of hydrogen-bond donors (Lipinski definition) is 0. The Hall–Kier alpha value is 0.270. The van der Waals surface area contributed by atoms with E-state index in [1.807, 2.05) is 23.6 Å². The predicted molar refractivity (Wildman–Crippen MR) is 66.4 cm³/mol. The molecule has 2 heterocycles. The predicted octanol–water partition coefficient (Wildman–Crippen LogP) is 5.44. The van der Waals surface area contributed by atoms with Gasteiger partial charge < -0.3 is 0 Å². The smallest absolute Gasteiger partial charge is 0.0994 e. The fourth-order valence-corrected chi connectivity index (χ4v) is 3.88. The number of hydrogen-bond acceptors (Lipinski definition) is 2. The molecule has 2 aromatic rings. The average Bonchev–Trinajstić information content (AvgIpc) is 2.73. The summed E-state index contributed by atoms with van der Waals surface area (Å²) in [5, 5.41) is 1.80. The van der Waals surface area contributed by atoms with Crippen LogP contribution in [0, 0.1) is 0 Å². The maximum absolute atomic E-state index is 6.27. The van der Waals surface area contributed by atoms with Gasteiger partial charge in [-0.05, 0) is 17.5 Å². The molecule has 0 bridgehead atoms. The highest BCUT2D eigenvalue weighted by Gasteiger charge is 2.17. The van der Waals surface area contributed by atoms with Crippen LogP contribution < -0.4 is 0 Å². The molecular weight excluding hydrogens is 279 g/mol. The van der Waals surface area contributed by atoms with Crippen LogP contribution in [-0.2, 0) is 0 Å². The summed E-state index contributed by atoms with van der Waals surface area (Å²) in [6, 6.07) is 5.79. The molecule has 2 rings (SSSR count). The van der Waals surface area contributed by atoms with Gasteiger partial charge in [0.1, 0.15) is 0 Å². The van der Waals surface area contributed by atoms with Gasteiger partial charge in [0, 0.05) is 10.4 Å². The van der Waals surface area contributed by atoms with E-state index in [0.717, 1.165) is 10.4 Å². The molecule has 0 aromatic carbocycles. The fourth-order valence-electron chi connectivity index (χ4n) is 1.11. The van der Waals surface area contributed by atoms with Crippen molar-refractivity contribution in [2.24, 2.45) is 0 Å². The molecule has 1 atom stereocenters. The molecule has 0 radical (unpaired) electrons. The van der Waals surface area contributed by atoms with Crippen molar-refractivity contribution in [3.8, 4) is 0 Å². The van der Waals surface area contributed by atoms with Gasteiger partial charge in [0.25, 0.3) is 0 Å². The van der Waals surface area contributed by atoms with Crippen molar-refractivity contribution in [3.63, 3.8) is 0 Å². The summed E-state index contributed by atoms with van der Waals surface area (Å²) in [5.74, 6) is 0. The second-order valence-corrected chi connectivity index (χ2v) is 6.36. The number of halogens is 3.